The first kappa shape index (κ1) is 15.4. The van der Waals surface area contributed by atoms with Crippen LogP contribution >= 0.6 is 0 Å². The first-order chi connectivity index (χ1) is 8.93. The van der Waals surface area contributed by atoms with E-state index < -0.39 is 21.7 Å². The molecule has 4 nitrogen and oxygen atoms in total. The maximum absolute atomic E-state index is 12.7. The lowest BCUT2D eigenvalue weighted by molar-refractivity contribution is -0.119. The van der Waals surface area contributed by atoms with Gasteiger partial charge in [0, 0.05) is 6.42 Å². The van der Waals surface area contributed by atoms with Crippen molar-refractivity contribution < 1.29 is 17.6 Å². The molecule has 0 saturated heterocycles. The Morgan fingerprint density at radius 1 is 1.32 bits per heavy atom. The van der Waals surface area contributed by atoms with E-state index in [1.165, 1.54) is 30.3 Å². The van der Waals surface area contributed by atoms with Crippen LogP contribution in [0.2, 0.25) is 0 Å². The van der Waals surface area contributed by atoms with Crippen LogP contribution in [-0.4, -0.2) is 14.3 Å². The monoisotopic (exact) mass is 285 g/mol. The van der Waals surface area contributed by atoms with E-state index in [0.29, 0.717) is 12.0 Å². The number of amides is 1. The number of carbonyl (C=O) groups is 1. The molecular formula is C13H16FNO3S. The van der Waals surface area contributed by atoms with Gasteiger partial charge in [0.15, 0.2) is 0 Å². The molecule has 1 rings (SSSR count). The maximum Gasteiger partial charge on any atom is 0.257 e. The van der Waals surface area contributed by atoms with Gasteiger partial charge in [-0.15, -0.1) is 0 Å². The summed E-state index contributed by atoms with van der Waals surface area (Å²) in [5, 5.41) is 0.893. The van der Waals surface area contributed by atoms with Gasteiger partial charge in [0.2, 0.25) is 5.91 Å². The largest absolute Gasteiger partial charge is 0.274 e. The minimum absolute atomic E-state index is 0.181. The Morgan fingerprint density at radius 2 is 1.95 bits per heavy atom. The molecule has 0 saturated carbocycles. The molecule has 0 heterocycles. The summed E-state index contributed by atoms with van der Waals surface area (Å²) in [5.41, 5.74) is 0.535. The van der Waals surface area contributed by atoms with Crippen molar-refractivity contribution in [2.24, 2.45) is 0 Å². The Morgan fingerprint density at radius 3 is 2.53 bits per heavy atom. The van der Waals surface area contributed by atoms with Crippen LogP contribution in [-0.2, 0) is 14.8 Å². The Labute approximate surface area is 112 Å². The van der Waals surface area contributed by atoms with Gasteiger partial charge in [-0.2, -0.15) is 0 Å². The molecule has 19 heavy (non-hydrogen) atoms. The van der Waals surface area contributed by atoms with Crippen LogP contribution < -0.4 is 4.72 Å². The van der Waals surface area contributed by atoms with Crippen LogP contribution in [0.4, 0.5) is 4.39 Å². The van der Waals surface area contributed by atoms with Gasteiger partial charge in [-0.25, -0.2) is 17.5 Å². The zero-order chi connectivity index (χ0) is 14.3. The minimum atomic E-state index is -3.79. The van der Waals surface area contributed by atoms with E-state index in [1.54, 1.807) is 0 Å². The summed E-state index contributed by atoms with van der Waals surface area (Å²) in [4.78, 5) is 11.3. The molecule has 0 unspecified atom stereocenters. The predicted molar refractivity (Wildman–Crippen MR) is 72.0 cm³/mol. The lowest BCUT2D eigenvalue weighted by atomic mass is 10.2. The summed E-state index contributed by atoms with van der Waals surface area (Å²) in [6, 6.07) is 5.35. The fourth-order valence-electron chi connectivity index (χ4n) is 1.32. The molecule has 0 aliphatic carbocycles. The summed E-state index contributed by atoms with van der Waals surface area (Å²) in [6.07, 6.45) is 2.94. The molecular weight excluding hydrogens is 269 g/mol. The number of carbonyl (C=O) groups excluding carboxylic acids is 1. The highest BCUT2D eigenvalue weighted by Crippen LogP contribution is 2.06. The van der Waals surface area contributed by atoms with Crippen LogP contribution in [0, 0.1) is 5.82 Å². The van der Waals surface area contributed by atoms with E-state index in [4.69, 9.17) is 0 Å². The molecule has 0 aromatic heterocycles. The summed E-state index contributed by atoms with van der Waals surface area (Å²) in [6.45, 7) is 1.91. The molecule has 1 aromatic carbocycles. The van der Waals surface area contributed by atoms with Crippen molar-refractivity contribution >= 4 is 22.0 Å². The van der Waals surface area contributed by atoms with Gasteiger partial charge in [0.05, 0.1) is 5.41 Å². The van der Waals surface area contributed by atoms with Crippen molar-refractivity contribution in [2.75, 3.05) is 0 Å². The Hall–Kier alpha value is -1.69. The Bertz CT molecular complexity index is 550. The fourth-order valence-corrected chi connectivity index (χ4v) is 2.15. The summed E-state index contributed by atoms with van der Waals surface area (Å²) in [5.74, 6) is -0.918. The van der Waals surface area contributed by atoms with Crippen molar-refractivity contribution in [2.45, 2.75) is 26.2 Å². The molecule has 6 heteroatoms. The standard InChI is InChI=1S/C13H16FNO3S/c1-2-3-4-13(16)15-19(17,18)10-9-11-5-7-12(14)8-6-11/h5-10H,2-4H2,1H3,(H,15,16). The fraction of sp³-hybridized carbons (Fsp3) is 0.308. The first-order valence-corrected chi connectivity index (χ1v) is 7.47. The van der Waals surface area contributed by atoms with Crippen LogP contribution in [0.25, 0.3) is 6.08 Å². The van der Waals surface area contributed by atoms with Crippen molar-refractivity contribution in [3.8, 4) is 0 Å². The third kappa shape index (κ3) is 6.15. The average molecular weight is 285 g/mol. The zero-order valence-electron chi connectivity index (χ0n) is 10.6. The van der Waals surface area contributed by atoms with Crippen LogP contribution in [0.3, 0.4) is 0 Å². The topological polar surface area (TPSA) is 63.2 Å². The number of nitrogens with one attached hydrogen (secondary N) is 1. The van der Waals surface area contributed by atoms with Crippen LogP contribution in [0.1, 0.15) is 31.7 Å². The third-order valence-corrected chi connectivity index (χ3v) is 3.33. The molecule has 0 radical (unpaired) electrons. The Balaban J connectivity index is 2.63. The summed E-state index contributed by atoms with van der Waals surface area (Å²) < 4.78 is 37.7. The number of sulfonamides is 1. The van der Waals surface area contributed by atoms with Crippen molar-refractivity contribution in [3.63, 3.8) is 0 Å². The number of hydrogen-bond acceptors (Lipinski definition) is 3. The van der Waals surface area contributed by atoms with Gasteiger partial charge in [-0.3, -0.25) is 4.79 Å². The van der Waals surface area contributed by atoms with Crippen LogP contribution in [0.5, 0.6) is 0 Å². The number of hydrogen-bond donors (Lipinski definition) is 1. The molecule has 0 aliphatic heterocycles. The minimum Gasteiger partial charge on any atom is -0.274 e. The summed E-state index contributed by atoms with van der Waals surface area (Å²) >= 11 is 0. The lowest BCUT2D eigenvalue weighted by Crippen LogP contribution is -2.28. The predicted octanol–water partition coefficient (Wildman–Crippen LogP) is 2.43. The van der Waals surface area contributed by atoms with E-state index in [-0.39, 0.29) is 6.42 Å². The molecule has 104 valence electrons. The number of rotatable bonds is 6. The highest BCUT2D eigenvalue weighted by Gasteiger charge is 2.10. The zero-order valence-corrected chi connectivity index (χ0v) is 11.4. The van der Waals surface area contributed by atoms with Crippen molar-refractivity contribution in [1.82, 2.24) is 4.72 Å². The SMILES string of the molecule is CCCCC(=O)NS(=O)(=O)C=Cc1ccc(F)cc1. The van der Waals surface area contributed by atoms with E-state index in [2.05, 4.69) is 0 Å². The smallest absolute Gasteiger partial charge is 0.257 e. The first-order valence-electron chi connectivity index (χ1n) is 5.92. The molecule has 0 aliphatic rings. The second kappa shape index (κ2) is 7.04. The van der Waals surface area contributed by atoms with Gasteiger partial charge in [0.1, 0.15) is 5.82 Å². The average Bonchev–Trinajstić information content (AvgIpc) is 2.35. The normalized spacial score (nSPS) is 11.7. The van der Waals surface area contributed by atoms with Gasteiger partial charge in [0.25, 0.3) is 10.0 Å². The van der Waals surface area contributed by atoms with E-state index in [0.717, 1.165) is 11.8 Å². The second-order valence-corrected chi connectivity index (χ2v) is 5.59. The van der Waals surface area contributed by atoms with E-state index >= 15 is 0 Å². The maximum atomic E-state index is 12.7. The molecule has 0 bridgehead atoms. The molecule has 0 atom stereocenters. The van der Waals surface area contributed by atoms with E-state index in [9.17, 15) is 17.6 Å². The highest BCUT2D eigenvalue weighted by atomic mass is 32.2. The number of unbranched alkanes of at least 4 members (excludes halogenated alkanes) is 1. The van der Waals surface area contributed by atoms with Gasteiger partial charge < -0.3 is 0 Å². The third-order valence-electron chi connectivity index (χ3n) is 2.32. The second-order valence-electron chi connectivity index (χ2n) is 4.03. The molecule has 0 fully saturated rings. The van der Waals surface area contributed by atoms with Gasteiger partial charge in [-0.05, 0) is 30.2 Å². The lowest BCUT2D eigenvalue weighted by Gasteiger charge is -2.02. The van der Waals surface area contributed by atoms with Crippen molar-refractivity contribution in [1.29, 1.82) is 0 Å². The molecule has 1 N–H and O–H groups in total. The number of halogens is 1. The summed E-state index contributed by atoms with van der Waals surface area (Å²) in [7, 11) is -3.79. The quantitative estimate of drug-likeness (QED) is 0.873. The molecule has 1 aromatic rings. The van der Waals surface area contributed by atoms with E-state index in [1.807, 2.05) is 11.6 Å². The van der Waals surface area contributed by atoms with Crippen LogP contribution in [0.15, 0.2) is 29.7 Å². The van der Waals surface area contributed by atoms with Gasteiger partial charge >= 0.3 is 0 Å². The highest BCUT2D eigenvalue weighted by molar-refractivity contribution is 7.93. The van der Waals surface area contributed by atoms with Crippen molar-refractivity contribution in [3.05, 3.63) is 41.1 Å². The number of benzene rings is 1. The molecule has 0 spiro atoms. The van der Waals surface area contributed by atoms with Gasteiger partial charge in [-0.1, -0.05) is 25.5 Å². The Kier molecular flexibility index (Phi) is 5.69. The molecule has 1 amide bonds.